The van der Waals surface area contributed by atoms with E-state index in [-0.39, 0.29) is 6.10 Å². The van der Waals surface area contributed by atoms with Crippen molar-refractivity contribution >= 4 is 17.3 Å². The smallest absolute Gasteiger partial charge is 0.0528 e. The molecule has 0 amide bonds. The monoisotopic (exact) mass is 298 g/mol. The average molecular weight is 299 g/mol. The molecule has 0 aliphatic carbocycles. The maximum atomic E-state index is 9.41. The van der Waals surface area contributed by atoms with Gasteiger partial charge in [-0.1, -0.05) is 31.5 Å². The zero-order valence-electron chi connectivity index (χ0n) is 13.0. The number of hydrogen-bond donors (Lipinski definition) is 2. The Kier molecular flexibility index (Phi) is 7.35. The van der Waals surface area contributed by atoms with Crippen LogP contribution in [0.25, 0.3) is 0 Å². The third-order valence-electron chi connectivity index (χ3n) is 3.21. The van der Waals surface area contributed by atoms with Crippen molar-refractivity contribution in [1.29, 1.82) is 0 Å². The summed E-state index contributed by atoms with van der Waals surface area (Å²) < 4.78 is 0. The van der Waals surface area contributed by atoms with Gasteiger partial charge >= 0.3 is 0 Å². The Morgan fingerprint density at radius 1 is 1.30 bits per heavy atom. The van der Waals surface area contributed by atoms with Crippen molar-refractivity contribution in [2.24, 2.45) is 5.92 Å². The van der Waals surface area contributed by atoms with Crippen LogP contribution < -0.4 is 10.2 Å². The molecule has 3 nitrogen and oxygen atoms in total. The number of hydrogen-bond acceptors (Lipinski definition) is 3. The van der Waals surface area contributed by atoms with Crippen LogP contribution in [-0.2, 0) is 6.54 Å². The summed E-state index contributed by atoms with van der Waals surface area (Å²) in [5, 5.41) is 13.6. The second-order valence-corrected chi connectivity index (χ2v) is 6.29. The summed E-state index contributed by atoms with van der Waals surface area (Å²) in [7, 11) is 2.04. The van der Waals surface area contributed by atoms with E-state index in [1.54, 1.807) is 0 Å². The minimum Gasteiger partial charge on any atom is -0.393 e. The second-order valence-electron chi connectivity index (χ2n) is 5.86. The zero-order valence-corrected chi connectivity index (χ0v) is 13.7. The minimum atomic E-state index is -0.279. The van der Waals surface area contributed by atoms with E-state index < -0.39 is 0 Å². The standard InChI is InChI=1S/C16H27ClN2O/c1-12(2)10-18-11-14-5-6-15(17)9-16(14)19(4)8-7-13(3)20/h5-6,9,12-13,18,20H,7-8,10-11H2,1-4H3. The van der Waals surface area contributed by atoms with Gasteiger partial charge in [0.2, 0.25) is 0 Å². The molecule has 0 saturated carbocycles. The molecule has 0 saturated heterocycles. The molecular weight excluding hydrogens is 272 g/mol. The Morgan fingerprint density at radius 3 is 2.60 bits per heavy atom. The van der Waals surface area contributed by atoms with E-state index in [0.717, 1.165) is 36.8 Å². The van der Waals surface area contributed by atoms with Gasteiger partial charge in [-0.2, -0.15) is 0 Å². The van der Waals surface area contributed by atoms with E-state index in [2.05, 4.69) is 30.1 Å². The molecule has 114 valence electrons. The molecular formula is C16H27ClN2O. The maximum Gasteiger partial charge on any atom is 0.0528 e. The van der Waals surface area contributed by atoms with Gasteiger partial charge in [0.05, 0.1) is 6.10 Å². The van der Waals surface area contributed by atoms with Gasteiger partial charge in [0, 0.05) is 30.8 Å². The summed E-state index contributed by atoms with van der Waals surface area (Å²) in [5.74, 6) is 0.638. The van der Waals surface area contributed by atoms with Gasteiger partial charge in [0.15, 0.2) is 0 Å². The number of aliphatic hydroxyl groups excluding tert-OH is 1. The normalized spacial score (nSPS) is 12.8. The van der Waals surface area contributed by atoms with Crippen LogP contribution in [-0.4, -0.2) is 31.3 Å². The molecule has 2 N–H and O–H groups in total. The highest BCUT2D eigenvalue weighted by molar-refractivity contribution is 6.30. The molecule has 1 unspecified atom stereocenters. The molecule has 20 heavy (non-hydrogen) atoms. The zero-order chi connectivity index (χ0) is 15.1. The van der Waals surface area contributed by atoms with Crippen molar-refractivity contribution in [3.05, 3.63) is 28.8 Å². The lowest BCUT2D eigenvalue weighted by Crippen LogP contribution is -2.25. The van der Waals surface area contributed by atoms with E-state index in [4.69, 9.17) is 11.6 Å². The van der Waals surface area contributed by atoms with Crippen LogP contribution in [0.2, 0.25) is 5.02 Å². The number of halogens is 1. The molecule has 0 spiro atoms. The average Bonchev–Trinajstić information content (AvgIpc) is 2.37. The van der Waals surface area contributed by atoms with E-state index in [0.29, 0.717) is 5.92 Å². The number of nitrogens with one attached hydrogen (secondary N) is 1. The molecule has 0 aliphatic rings. The number of anilines is 1. The van der Waals surface area contributed by atoms with Gasteiger partial charge in [0.25, 0.3) is 0 Å². The van der Waals surface area contributed by atoms with Gasteiger partial charge < -0.3 is 15.3 Å². The molecule has 0 heterocycles. The highest BCUT2D eigenvalue weighted by Gasteiger charge is 2.09. The van der Waals surface area contributed by atoms with Crippen LogP contribution >= 0.6 is 11.6 Å². The summed E-state index contributed by atoms with van der Waals surface area (Å²) in [6, 6.07) is 6.00. The molecule has 0 bridgehead atoms. The van der Waals surface area contributed by atoms with Gasteiger partial charge in [-0.05, 0) is 43.5 Å². The topological polar surface area (TPSA) is 35.5 Å². The molecule has 1 rings (SSSR count). The van der Waals surface area contributed by atoms with Crippen molar-refractivity contribution in [2.75, 3.05) is 25.0 Å². The highest BCUT2D eigenvalue weighted by atomic mass is 35.5. The predicted octanol–water partition coefficient (Wildman–Crippen LogP) is 3.29. The van der Waals surface area contributed by atoms with Crippen LogP contribution in [0.3, 0.4) is 0 Å². The van der Waals surface area contributed by atoms with Gasteiger partial charge in [-0.15, -0.1) is 0 Å². The third kappa shape index (κ3) is 6.12. The molecule has 0 aliphatic heterocycles. The Hall–Kier alpha value is -0.770. The predicted molar refractivity (Wildman–Crippen MR) is 87.6 cm³/mol. The molecule has 1 aromatic carbocycles. The SMILES string of the molecule is CC(C)CNCc1ccc(Cl)cc1N(C)CCC(C)O. The van der Waals surface area contributed by atoms with E-state index in [9.17, 15) is 5.11 Å². The first-order chi connectivity index (χ1) is 9.40. The van der Waals surface area contributed by atoms with E-state index >= 15 is 0 Å². The van der Waals surface area contributed by atoms with Crippen molar-refractivity contribution < 1.29 is 5.11 Å². The molecule has 0 aromatic heterocycles. The first-order valence-corrected chi connectivity index (χ1v) is 7.66. The second kappa shape index (κ2) is 8.50. The Bertz CT molecular complexity index is 407. The van der Waals surface area contributed by atoms with Crippen molar-refractivity contribution in [1.82, 2.24) is 5.32 Å². The number of benzene rings is 1. The molecule has 1 atom stereocenters. The van der Waals surface area contributed by atoms with Crippen molar-refractivity contribution in [3.8, 4) is 0 Å². The van der Waals surface area contributed by atoms with Crippen molar-refractivity contribution in [3.63, 3.8) is 0 Å². The largest absolute Gasteiger partial charge is 0.393 e. The van der Waals surface area contributed by atoms with Crippen LogP contribution in [0.15, 0.2) is 18.2 Å². The highest BCUT2D eigenvalue weighted by Crippen LogP contribution is 2.24. The lowest BCUT2D eigenvalue weighted by Gasteiger charge is -2.24. The Balaban J connectivity index is 2.73. The molecule has 4 heteroatoms. The van der Waals surface area contributed by atoms with E-state index in [1.807, 2.05) is 26.1 Å². The number of rotatable bonds is 8. The first-order valence-electron chi connectivity index (χ1n) is 7.28. The fourth-order valence-electron chi connectivity index (χ4n) is 2.04. The van der Waals surface area contributed by atoms with Gasteiger partial charge in [0.1, 0.15) is 0 Å². The quantitative estimate of drug-likeness (QED) is 0.773. The number of nitrogens with zero attached hydrogens (tertiary/aromatic N) is 1. The Morgan fingerprint density at radius 2 is 2.00 bits per heavy atom. The molecule has 0 fully saturated rings. The minimum absolute atomic E-state index is 0.279. The van der Waals surface area contributed by atoms with Crippen LogP contribution in [0.5, 0.6) is 0 Å². The van der Waals surface area contributed by atoms with Gasteiger partial charge in [-0.25, -0.2) is 0 Å². The van der Waals surface area contributed by atoms with Crippen LogP contribution in [0, 0.1) is 5.92 Å². The summed E-state index contributed by atoms with van der Waals surface area (Å²) in [5.41, 5.74) is 2.37. The van der Waals surface area contributed by atoms with Gasteiger partial charge in [-0.3, -0.25) is 0 Å². The lowest BCUT2D eigenvalue weighted by molar-refractivity contribution is 0.187. The first kappa shape index (κ1) is 17.3. The maximum absolute atomic E-state index is 9.41. The summed E-state index contributed by atoms with van der Waals surface area (Å²) in [6.45, 7) is 8.87. The Labute approximate surface area is 127 Å². The lowest BCUT2D eigenvalue weighted by atomic mass is 10.1. The molecule has 0 radical (unpaired) electrons. The summed E-state index contributed by atoms with van der Waals surface area (Å²) in [4.78, 5) is 2.16. The summed E-state index contributed by atoms with van der Waals surface area (Å²) >= 11 is 6.11. The van der Waals surface area contributed by atoms with Crippen molar-refractivity contribution in [2.45, 2.75) is 39.8 Å². The van der Waals surface area contributed by atoms with Crippen LogP contribution in [0.1, 0.15) is 32.8 Å². The summed E-state index contributed by atoms with van der Waals surface area (Å²) in [6.07, 6.45) is 0.473. The van der Waals surface area contributed by atoms with Crippen LogP contribution in [0.4, 0.5) is 5.69 Å². The fourth-order valence-corrected chi connectivity index (χ4v) is 2.20. The number of aliphatic hydroxyl groups is 1. The molecule has 1 aromatic rings. The fraction of sp³-hybridized carbons (Fsp3) is 0.625. The van der Waals surface area contributed by atoms with E-state index in [1.165, 1.54) is 5.56 Å². The third-order valence-corrected chi connectivity index (χ3v) is 3.44.